The molecule has 2 aliphatic rings. The van der Waals surface area contributed by atoms with Gasteiger partial charge in [0, 0.05) is 16.1 Å². The van der Waals surface area contributed by atoms with E-state index in [1.807, 2.05) is 0 Å². The van der Waals surface area contributed by atoms with Crippen LogP contribution < -0.4 is 5.32 Å². The molecule has 0 radical (unpaired) electrons. The third kappa shape index (κ3) is 2.13. The van der Waals surface area contributed by atoms with E-state index in [9.17, 15) is 0 Å². The highest BCUT2D eigenvalue weighted by Crippen LogP contribution is 2.50. The fourth-order valence-electron chi connectivity index (χ4n) is 3.81. The van der Waals surface area contributed by atoms with Gasteiger partial charge in [-0.2, -0.15) is 0 Å². The summed E-state index contributed by atoms with van der Waals surface area (Å²) in [7, 11) is 0. The molecule has 106 valence electrons. The Balaban J connectivity index is 1.83. The Kier molecular flexibility index (Phi) is 3.15. The van der Waals surface area contributed by atoms with Crippen molar-refractivity contribution in [2.24, 2.45) is 5.92 Å². The van der Waals surface area contributed by atoms with Gasteiger partial charge in [-0.25, -0.2) is 0 Å². The van der Waals surface area contributed by atoms with Crippen LogP contribution >= 0.6 is 15.9 Å². The van der Waals surface area contributed by atoms with Crippen LogP contribution in [0.25, 0.3) is 0 Å². The van der Waals surface area contributed by atoms with Crippen LogP contribution in [0.4, 0.5) is 5.69 Å². The zero-order valence-electron chi connectivity index (χ0n) is 12.0. The average molecular weight is 340 g/mol. The van der Waals surface area contributed by atoms with E-state index in [2.05, 4.69) is 82.8 Å². The van der Waals surface area contributed by atoms with Crippen LogP contribution in [0.5, 0.6) is 0 Å². The van der Waals surface area contributed by atoms with Crippen molar-refractivity contribution in [1.29, 1.82) is 0 Å². The summed E-state index contributed by atoms with van der Waals surface area (Å²) < 4.78 is 1.15. The molecule has 1 aliphatic carbocycles. The standard InChI is InChI=1S/C19H18BrN/c1-12-5-2-9-16-15-8-4-10-17(15)19(21-18(12)16)13-6-3-7-14(20)11-13/h2-9,11,15,17,19,21H,10H2,1H3/t15-,17+,19-/m1/s1. The number of aryl methyl sites for hydroxylation is 1. The van der Waals surface area contributed by atoms with Crippen molar-refractivity contribution in [1.82, 2.24) is 0 Å². The highest BCUT2D eigenvalue weighted by molar-refractivity contribution is 9.10. The number of anilines is 1. The molecular formula is C19H18BrN. The van der Waals surface area contributed by atoms with E-state index in [4.69, 9.17) is 0 Å². The Morgan fingerprint density at radius 2 is 2.00 bits per heavy atom. The number of hydrogen-bond donors (Lipinski definition) is 1. The maximum Gasteiger partial charge on any atom is 0.0554 e. The lowest BCUT2D eigenvalue weighted by molar-refractivity contribution is 0.425. The van der Waals surface area contributed by atoms with E-state index < -0.39 is 0 Å². The van der Waals surface area contributed by atoms with Gasteiger partial charge in [-0.1, -0.05) is 58.4 Å². The summed E-state index contributed by atoms with van der Waals surface area (Å²) in [4.78, 5) is 0. The third-order valence-corrected chi connectivity index (χ3v) is 5.31. The Labute approximate surface area is 134 Å². The number of hydrogen-bond acceptors (Lipinski definition) is 1. The lowest BCUT2D eigenvalue weighted by Crippen LogP contribution is -2.29. The van der Waals surface area contributed by atoms with Crippen LogP contribution in [0.2, 0.25) is 0 Å². The van der Waals surface area contributed by atoms with Crippen molar-refractivity contribution in [2.45, 2.75) is 25.3 Å². The van der Waals surface area contributed by atoms with Crippen molar-refractivity contribution in [2.75, 3.05) is 5.32 Å². The molecule has 2 aromatic carbocycles. The summed E-state index contributed by atoms with van der Waals surface area (Å²) in [5, 5.41) is 3.82. The first-order valence-corrected chi connectivity index (χ1v) is 8.31. The van der Waals surface area contributed by atoms with Gasteiger partial charge in [0.25, 0.3) is 0 Å². The molecular weight excluding hydrogens is 322 g/mol. The minimum absolute atomic E-state index is 0.385. The van der Waals surface area contributed by atoms with Gasteiger partial charge in [-0.3, -0.25) is 0 Å². The van der Waals surface area contributed by atoms with Crippen molar-refractivity contribution in [3.8, 4) is 0 Å². The summed E-state index contributed by atoms with van der Waals surface area (Å²) in [5.41, 5.74) is 5.50. The van der Waals surface area contributed by atoms with Gasteiger partial charge in [0.15, 0.2) is 0 Å². The Morgan fingerprint density at radius 3 is 2.86 bits per heavy atom. The summed E-state index contributed by atoms with van der Waals surface area (Å²) in [5.74, 6) is 1.17. The maximum absolute atomic E-state index is 3.82. The van der Waals surface area contributed by atoms with Gasteiger partial charge in [0.05, 0.1) is 6.04 Å². The number of halogens is 1. The minimum atomic E-state index is 0.385. The molecule has 0 spiro atoms. The van der Waals surface area contributed by atoms with E-state index >= 15 is 0 Å². The van der Waals surface area contributed by atoms with E-state index in [0.717, 1.165) is 10.9 Å². The zero-order chi connectivity index (χ0) is 14.4. The van der Waals surface area contributed by atoms with Gasteiger partial charge >= 0.3 is 0 Å². The molecule has 1 nitrogen and oxygen atoms in total. The zero-order valence-corrected chi connectivity index (χ0v) is 13.6. The van der Waals surface area contributed by atoms with Gasteiger partial charge in [-0.05, 0) is 48.1 Å². The summed E-state index contributed by atoms with van der Waals surface area (Å²) >= 11 is 3.60. The molecule has 1 aliphatic heterocycles. The molecule has 0 aromatic heterocycles. The van der Waals surface area contributed by atoms with Crippen LogP contribution in [0, 0.1) is 12.8 Å². The average Bonchev–Trinajstić information content (AvgIpc) is 2.96. The predicted molar refractivity (Wildman–Crippen MR) is 91.7 cm³/mol. The Bertz CT molecular complexity index is 719. The molecule has 0 bridgehead atoms. The van der Waals surface area contributed by atoms with Gasteiger partial charge in [0.1, 0.15) is 0 Å². The number of allylic oxidation sites excluding steroid dienone is 2. The topological polar surface area (TPSA) is 12.0 Å². The molecule has 0 amide bonds. The third-order valence-electron chi connectivity index (χ3n) is 4.81. The number of rotatable bonds is 1. The number of para-hydroxylation sites is 1. The highest BCUT2D eigenvalue weighted by Gasteiger charge is 2.38. The molecule has 21 heavy (non-hydrogen) atoms. The lowest BCUT2D eigenvalue weighted by Gasteiger charge is -2.38. The van der Waals surface area contributed by atoms with Gasteiger partial charge in [0.2, 0.25) is 0 Å². The molecule has 0 unspecified atom stereocenters. The molecule has 3 atom stereocenters. The summed E-state index contributed by atoms with van der Waals surface area (Å²) in [6.45, 7) is 2.20. The molecule has 0 saturated heterocycles. The normalized spacial score (nSPS) is 26.1. The molecule has 0 fully saturated rings. The molecule has 2 aromatic rings. The number of fused-ring (bicyclic) bond motifs is 3. The Morgan fingerprint density at radius 1 is 1.14 bits per heavy atom. The van der Waals surface area contributed by atoms with Crippen LogP contribution in [0.1, 0.15) is 35.1 Å². The van der Waals surface area contributed by atoms with Crippen molar-refractivity contribution in [3.63, 3.8) is 0 Å². The summed E-state index contributed by atoms with van der Waals surface area (Å²) in [6, 6.07) is 15.7. The van der Waals surface area contributed by atoms with Crippen LogP contribution in [0.15, 0.2) is 59.1 Å². The molecule has 2 heteroatoms. The SMILES string of the molecule is Cc1cccc2c1N[C@H](c1cccc(Br)c1)[C@H]1CC=C[C@H]21. The maximum atomic E-state index is 3.82. The largest absolute Gasteiger partial charge is 0.377 e. The van der Waals surface area contributed by atoms with Gasteiger partial charge < -0.3 is 5.32 Å². The second kappa shape index (κ2) is 5.03. The second-order valence-electron chi connectivity index (χ2n) is 6.07. The number of benzene rings is 2. The van der Waals surface area contributed by atoms with E-state index in [-0.39, 0.29) is 0 Å². The van der Waals surface area contributed by atoms with Crippen molar-refractivity contribution < 1.29 is 0 Å². The minimum Gasteiger partial charge on any atom is -0.377 e. The second-order valence-corrected chi connectivity index (χ2v) is 6.99. The first-order valence-electron chi connectivity index (χ1n) is 7.52. The predicted octanol–water partition coefficient (Wildman–Crippen LogP) is 5.58. The molecule has 0 saturated carbocycles. The van der Waals surface area contributed by atoms with Gasteiger partial charge in [-0.15, -0.1) is 0 Å². The lowest BCUT2D eigenvalue weighted by atomic mass is 9.76. The van der Waals surface area contributed by atoms with Crippen LogP contribution in [-0.2, 0) is 0 Å². The monoisotopic (exact) mass is 339 g/mol. The Hall–Kier alpha value is -1.54. The molecule has 1 N–H and O–H groups in total. The van der Waals surface area contributed by atoms with E-state index in [1.54, 1.807) is 0 Å². The first kappa shape index (κ1) is 13.1. The van der Waals surface area contributed by atoms with E-state index in [0.29, 0.717) is 17.9 Å². The fourth-order valence-corrected chi connectivity index (χ4v) is 4.22. The molecule has 1 heterocycles. The highest BCUT2D eigenvalue weighted by atomic mass is 79.9. The molecule has 4 rings (SSSR count). The van der Waals surface area contributed by atoms with Crippen molar-refractivity contribution in [3.05, 3.63) is 75.8 Å². The summed E-state index contributed by atoms with van der Waals surface area (Å²) in [6.07, 6.45) is 5.90. The van der Waals surface area contributed by atoms with E-state index in [1.165, 1.54) is 22.4 Å². The fraction of sp³-hybridized carbons (Fsp3) is 0.263. The van der Waals surface area contributed by atoms with Crippen LogP contribution in [0.3, 0.4) is 0 Å². The first-order chi connectivity index (χ1) is 10.2. The van der Waals surface area contributed by atoms with Crippen LogP contribution in [-0.4, -0.2) is 0 Å². The quantitative estimate of drug-likeness (QED) is 0.668. The van der Waals surface area contributed by atoms with Crippen molar-refractivity contribution >= 4 is 21.6 Å². The number of nitrogens with one attached hydrogen (secondary N) is 1. The smallest absolute Gasteiger partial charge is 0.0554 e.